The van der Waals surface area contributed by atoms with Gasteiger partial charge in [-0.3, -0.25) is 4.79 Å². The van der Waals surface area contributed by atoms with Crippen molar-refractivity contribution in [1.82, 2.24) is 9.99 Å². The first kappa shape index (κ1) is 16.0. The van der Waals surface area contributed by atoms with Gasteiger partial charge in [-0.25, -0.2) is 5.43 Å². The second-order valence-electron chi connectivity index (χ2n) is 5.03. The van der Waals surface area contributed by atoms with Crippen LogP contribution in [0.4, 0.5) is 0 Å². The van der Waals surface area contributed by atoms with Crippen LogP contribution in [0, 0.1) is 0 Å². The van der Waals surface area contributed by atoms with Crippen LogP contribution in [-0.2, 0) is 0 Å². The molecule has 0 saturated heterocycles. The maximum absolute atomic E-state index is 12.0. The highest BCUT2D eigenvalue weighted by Gasteiger charge is 2.04. The number of halogens is 1. The molecule has 0 aliphatic carbocycles. The summed E-state index contributed by atoms with van der Waals surface area (Å²) in [6, 6.07) is 17.7. The number of carbonyl (C=O) groups excluding carboxylic acids is 1. The molecule has 0 unspecified atom stereocenters. The molecule has 0 aliphatic heterocycles. The smallest absolute Gasteiger partial charge is 0.271 e. The Labute approximate surface area is 147 Å². The SMILES string of the molecule is O=C(N/N=C\c1cccn1-c1ccc(Br)cc1)c1ccc(O)cc1. The van der Waals surface area contributed by atoms with E-state index < -0.39 is 0 Å². The summed E-state index contributed by atoms with van der Waals surface area (Å²) in [5.74, 6) is -0.227. The van der Waals surface area contributed by atoms with Crippen molar-refractivity contribution < 1.29 is 9.90 Å². The van der Waals surface area contributed by atoms with Crippen molar-refractivity contribution in [3.05, 3.63) is 82.6 Å². The molecular formula is C18H14BrN3O2. The lowest BCUT2D eigenvalue weighted by atomic mass is 10.2. The lowest BCUT2D eigenvalue weighted by Crippen LogP contribution is -2.17. The van der Waals surface area contributed by atoms with Crippen molar-refractivity contribution in [2.75, 3.05) is 0 Å². The Hall–Kier alpha value is -2.86. The van der Waals surface area contributed by atoms with Gasteiger partial charge in [0.25, 0.3) is 5.91 Å². The Balaban J connectivity index is 1.71. The molecule has 3 aromatic rings. The predicted octanol–water partition coefficient (Wildman–Crippen LogP) is 3.71. The minimum atomic E-state index is -0.340. The second kappa shape index (κ2) is 7.14. The van der Waals surface area contributed by atoms with E-state index in [1.807, 2.05) is 47.2 Å². The standard InChI is InChI=1S/C18H14BrN3O2/c19-14-5-7-15(8-6-14)22-11-1-2-16(22)12-20-21-18(24)13-3-9-17(23)10-4-13/h1-12,23H,(H,21,24)/b20-12-. The summed E-state index contributed by atoms with van der Waals surface area (Å²) in [6.45, 7) is 0. The number of phenolic OH excluding ortho intramolecular Hbond substituents is 1. The summed E-state index contributed by atoms with van der Waals surface area (Å²) < 4.78 is 2.97. The number of nitrogens with one attached hydrogen (secondary N) is 1. The van der Waals surface area contributed by atoms with E-state index in [0.717, 1.165) is 15.9 Å². The van der Waals surface area contributed by atoms with Crippen LogP contribution in [0.25, 0.3) is 5.69 Å². The zero-order chi connectivity index (χ0) is 16.9. The number of nitrogens with zero attached hydrogens (tertiary/aromatic N) is 2. The average Bonchev–Trinajstić information content (AvgIpc) is 3.04. The Kier molecular flexibility index (Phi) is 4.77. The molecule has 1 heterocycles. The van der Waals surface area contributed by atoms with Crippen molar-refractivity contribution in [2.24, 2.45) is 5.10 Å². The van der Waals surface area contributed by atoms with Crippen LogP contribution in [0.3, 0.4) is 0 Å². The molecule has 1 aromatic heterocycles. The lowest BCUT2D eigenvalue weighted by Gasteiger charge is -2.06. The highest BCUT2D eigenvalue weighted by atomic mass is 79.9. The fraction of sp³-hybridized carbons (Fsp3) is 0. The number of hydrogen-bond acceptors (Lipinski definition) is 3. The van der Waals surface area contributed by atoms with E-state index in [9.17, 15) is 9.90 Å². The zero-order valence-corrected chi connectivity index (χ0v) is 14.1. The minimum absolute atomic E-state index is 0.113. The van der Waals surface area contributed by atoms with Gasteiger partial charge in [0, 0.05) is 21.9 Å². The first-order valence-electron chi connectivity index (χ1n) is 7.19. The Morgan fingerprint density at radius 2 is 1.79 bits per heavy atom. The van der Waals surface area contributed by atoms with Crippen molar-refractivity contribution in [3.63, 3.8) is 0 Å². The minimum Gasteiger partial charge on any atom is -0.508 e. The highest BCUT2D eigenvalue weighted by molar-refractivity contribution is 9.10. The van der Waals surface area contributed by atoms with Gasteiger partial charge in [-0.15, -0.1) is 0 Å². The molecular weight excluding hydrogens is 370 g/mol. The van der Waals surface area contributed by atoms with Crippen molar-refractivity contribution in [2.45, 2.75) is 0 Å². The average molecular weight is 384 g/mol. The molecule has 5 nitrogen and oxygen atoms in total. The molecule has 3 rings (SSSR count). The summed E-state index contributed by atoms with van der Waals surface area (Å²) >= 11 is 3.41. The van der Waals surface area contributed by atoms with E-state index in [2.05, 4.69) is 26.5 Å². The van der Waals surface area contributed by atoms with Crippen molar-refractivity contribution >= 4 is 28.1 Å². The third kappa shape index (κ3) is 3.72. The second-order valence-corrected chi connectivity index (χ2v) is 5.94. The Morgan fingerprint density at radius 1 is 1.08 bits per heavy atom. The quantitative estimate of drug-likeness (QED) is 0.532. The number of hydrazone groups is 1. The van der Waals surface area contributed by atoms with Crippen LogP contribution in [-0.4, -0.2) is 21.8 Å². The van der Waals surface area contributed by atoms with Gasteiger partial charge in [-0.05, 0) is 60.7 Å². The molecule has 0 fully saturated rings. The van der Waals surface area contributed by atoms with Crippen LogP contribution < -0.4 is 5.43 Å². The molecule has 0 radical (unpaired) electrons. The van der Waals surface area contributed by atoms with Crippen LogP contribution in [0.2, 0.25) is 0 Å². The maximum Gasteiger partial charge on any atom is 0.271 e. The lowest BCUT2D eigenvalue weighted by molar-refractivity contribution is 0.0955. The molecule has 0 atom stereocenters. The number of aromatic hydroxyl groups is 1. The van der Waals surface area contributed by atoms with Crippen LogP contribution in [0.15, 0.2) is 76.4 Å². The molecule has 6 heteroatoms. The predicted molar refractivity (Wildman–Crippen MR) is 96.6 cm³/mol. The number of carbonyl (C=O) groups is 1. The molecule has 2 aromatic carbocycles. The van der Waals surface area contributed by atoms with E-state index in [4.69, 9.17) is 0 Å². The van der Waals surface area contributed by atoms with E-state index in [-0.39, 0.29) is 11.7 Å². The Bertz CT molecular complexity index is 868. The molecule has 0 saturated carbocycles. The molecule has 120 valence electrons. The Morgan fingerprint density at radius 3 is 2.50 bits per heavy atom. The molecule has 24 heavy (non-hydrogen) atoms. The van der Waals surface area contributed by atoms with Gasteiger partial charge in [-0.2, -0.15) is 5.10 Å². The van der Waals surface area contributed by atoms with Crippen molar-refractivity contribution in [3.8, 4) is 11.4 Å². The van der Waals surface area contributed by atoms with Gasteiger partial charge < -0.3 is 9.67 Å². The molecule has 1 amide bonds. The van der Waals surface area contributed by atoms with Gasteiger partial charge in [0.05, 0.1) is 11.9 Å². The van der Waals surface area contributed by atoms with Gasteiger partial charge >= 0.3 is 0 Å². The summed E-state index contributed by atoms with van der Waals surface area (Å²) in [5, 5.41) is 13.2. The number of phenols is 1. The van der Waals surface area contributed by atoms with Gasteiger partial charge in [0.2, 0.25) is 0 Å². The van der Waals surface area contributed by atoms with Gasteiger partial charge in [0.15, 0.2) is 0 Å². The number of benzene rings is 2. The normalized spacial score (nSPS) is 10.9. The topological polar surface area (TPSA) is 66.6 Å². The van der Waals surface area contributed by atoms with E-state index >= 15 is 0 Å². The molecule has 0 bridgehead atoms. The number of hydrogen-bond donors (Lipinski definition) is 2. The van der Waals surface area contributed by atoms with Gasteiger partial charge in [-0.1, -0.05) is 15.9 Å². The van der Waals surface area contributed by atoms with Crippen LogP contribution in [0.1, 0.15) is 16.1 Å². The van der Waals surface area contributed by atoms with Crippen molar-refractivity contribution in [1.29, 1.82) is 0 Å². The first-order chi connectivity index (χ1) is 11.6. The van der Waals surface area contributed by atoms with E-state index in [1.165, 1.54) is 24.3 Å². The number of amides is 1. The summed E-state index contributed by atoms with van der Waals surface area (Å²) in [5.41, 5.74) is 4.73. The van der Waals surface area contributed by atoms with Gasteiger partial charge in [0.1, 0.15) is 5.75 Å². The van der Waals surface area contributed by atoms with E-state index in [1.54, 1.807) is 6.21 Å². The largest absolute Gasteiger partial charge is 0.508 e. The fourth-order valence-electron chi connectivity index (χ4n) is 2.17. The molecule has 0 spiro atoms. The highest BCUT2D eigenvalue weighted by Crippen LogP contribution is 2.16. The van der Waals surface area contributed by atoms with E-state index in [0.29, 0.717) is 5.56 Å². The maximum atomic E-state index is 12.0. The van der Waals surface area contributed by atoms with Crippen LogP contribution in [0.5, 0.6) is 5.75 Å². The first-order valence-corrected chi connectivity index (χ1v) is 7.98. The summed E-state index contributed by atoms with van der Waals surface area (Å²) in [4.78, 5) is 12.0. The summed E-state index contributed by atoms with van der Waals surface area (Å²) in [7, 11) is 0. The third-order valence-electron chi connectivity index (χ3n) is 3.38. The molecule has 0 aliphatic rings. The summed E-state index contributed by atoms with van der Waals surface area (Å²) in [6.07, 6.45) is 3.51. The zero-order valence-electron chi connectivity index (χ0n) is 12.6. The number of rotatable bonds is 4. The fourth-order valence-corrected chi connectivity index (χ4v) is 2.43. The third-order valence-corrected chi connectivity index (χ3v) is 3.91. The van der Waals surface area contributed by atoms with Crippen LogP contribution >= 0.6 is 15.9 Å². The molecule has 2 N–H and O–H groups in total. The monoisotopic (exact) mass is 383 g/mol. The number of aromatic nitrogens is 1.